The van der Waals surface area contributed by atoms with Gasteiger partial charge in [-0.25, -0.2) is 8.42 Å². The smallest absolute Gasteiger partial charge is 0.274 e. The second-order valence-corrected chi connectivity index (χ2v) is 6.80. The molecule has 0 atom stereocenters. The highest BCUT2D eigenvalue weighted by Crippen LogP contribution is 2.23. The molecule has 124 valence electrons. The maximum atomic E-state index is 12.7. The fraction of sp³-hybridized carbons (Fsp3) is 0.385. The standard InChI is InChI=1S/C13H14F2N4O3S/c14-13(15)18-6-3-4-9(12(18)20)17-23(21,22)11-8-16-19-7-2-1-5-10(11)19/h3-4,6,8,13,17H,1-2,5,7H2. The first-order valence-electron chi connectivity index (χ1n) is 6.97. The molecule has 2 aromatic rings. The number of aromatic nitrogens is 3. The molecule has 0 aromatic carbocycles. The van der Waals surface area contributed by atoms with Gasteiger partial charge in [-0.1, -0.05) is 0 Å². The number of hydrogen-bond acceptors (Lipinski definition) is 4. The predicted molar refractivity (Wildman–Crippen MR) is 77.9 cm³/mol. The number of alkyl halides is 2. The van der Waals surface area contributed by atoms with E-state index in [9.17, 15) is 22.0 Å². The van der Waals surface area contributed by atoms with E-state index in [0.29, 0.717) is 18.7 Å². The molecule has 23 heavy (non-hydrogen) atoms. The van der Waals surface area contributed by atoms with Crippen LogP contribution in [0.2, 0.25) is 0 Å². The summed E-state index contributed by atoms with van der Waals surface area (Å²) in [6.07, 6.45) is 4.44. The number of pyridine rings is 1. The summed E-state index contributed by atoms with van der Waals surface area (Å²) in [5.41, 5.74) is -0.968. The third kappa shape index (κ3) is 2.85. The van der Waals surface area contributed by atoms with E-state index in [1.165, 1.54) is 12.3 Å². The number of nitrogens with one attached hydrogen (secondary N) is 1. The number of hydrogen-bond donors (Lipinski definition) is 1. The molecule has 7 nitrogen and oxygen atoms in total. The van der Waals surface area contributed by atoms with Crippen molar-refractivity contribution in [2.45, 2.75) is 37.3 Å². The first-order valence-corrected chi connectivity index (χ1v) is 8.45. The number of anilines is 1. The summed E-state index contributed by atoms with van der Waals surface area (Å²) in [6.45, 7) is -2.41. The number of rotatable bonds is 4. The summed E-state index contributed by atoms with van der Waals surface area (Å²) in [6, 6.07) is 2.33. The number of fused-ring (bicyclic) bond motifs is 1. The molecule has 0 bridgehead atoms. The lowest BCUT2D eigenvalue weighted by Gasteiger charge is -2.15. The van der Waals surface area contributed by atoms with Crippen molar-refractivity contribution in [3.8, 4) is 0 Å². The van der Waals surface area contributed by atoms with E-state index >= 15 is 0 Å². The Morgan fingerprint density at radius 3 is 2.83 bits per heavy atom. The van der Waals surface area contributed by atoms with Crippen molar-refractivity contribution in [1.29, 1.82) is 0 Å². The van der Waals surface area contributed by atoms with Gasteiger partial charge in [0.1, 0.15) is 10.6 Å². The van der Waals surface area contributed by atoms with Crippen LogP contribution in [-0.4, -0.2) is 22.8 Å². The zero-order valence-electron chi connectivity index (χ0n) is 11.9. The monoisotopic (exact) mass is 344 g/mol. The summed E-state index contributed by atoms with van der Waals surface area (Å²) in [7, 11) is -4.07. The van der Waals surface area contributed by atoms with Gasteiger partial charge in [0, 0.05) is 12.7 Å². The molecule has 0 radical (unpaired) electrons. The molecule has 0 unspecified atom stereocenters. The summed E-state index contributed by atoms with van der Waals surface area (Å²) < 4.78 is 54.2. The Morgan fingerprint density at radius 2 is 2.09 bits per heavy atom. The molecule has 1 N–H and O–H groups in total. The van der Waals surface area contributed by atoms with Crippen LogP contribution in [0.15, 0.2) is 34.2 Å². The van der Waals surface area contributed by atoms with Crippen LogP contribution in [0.5, 0.6) is 0 Å². The van der Waals surface area contributed by atoms with Crippen LogP contribution >= 0.6 is 0 Å². The first kappa shape index (κ1) is 15.7. The van der Waals surface area contributed by atoms with Crippen LogP contribution in [0.25, 0.3) is 0 Å². The summed E-state index contributed by atoms with van der Waals surface area (Å²) in [4.78, 5) is 11.9. The van der Waals surface area contributed by atoms with Gasteiger partial charge in [0.2, 0.25) is 0 Å². The van der Waals surface area contributed by atoms with Crippen molar-refractivity contribution in [3.05, 3.63) is 40.6 Å². The Morgan fingerprint density at radius 1 is 1.30 bits per heavy atom. The minimum Gasteiger partial charge on any atom is -0.274 e. The van der Waals surface area contributed by atoms with Crippen LogP contribution in [0.1, 0.15) is 25.1 Å². The van der Waals surface area contributed by atoms with Gasteiger partial charge < -0.3 is 0 Å². The molecule has 0 saturated carbocycles. The van der Waals surface area contributed by atoms with E-state index in [1.807, 2.05) is 0 Å². The van der Waals surface area contributed by atoms with Crippen LogP contribution in [0.4, 0.5) is 14.5 Å². The molecule has 0 spiro atoms. The minimum absolute atomic E-state index is 0.0240. The van der Waals surface area contributed by atoms with Crippen LogP contribution < -0.4 is 10.3 Å². The van der Waals surface area contributed by atoms with Gasteiger partial charge >= 0.3 is 6.55 Å². The summed E-state index contributed by atoms with van der Waals surface area (Å²) in [5, 5.41) is 4.03. The van der Waals surface area contributed by atoms with Crippen molar-refractivity contribution >= 4 is 15.7 Å². The lowest BCUT2D eigenvalue weighted by Crippen LogP contribution is -2.26. The van der Waals surface area contributed by atoms with E-state index in [2.05, 4.69) is 9.82 Å². The average molecular weight is 344 g/mol. The molecule has 2 aromatic heterocycles. The second kappa shape index (κ2) is 5.76. The van der Waals surface area contributed by atoms with E-state index < -0.39 is 27.8 Å². The van der Waals surface area contributed by atoms with Crippen LogP contribution in [0, 0.1) is 0 Å². The predicted octanol–water partition coefficient (Wildman–Crippen LogP) is 1.58. The zero-order chi connectivity index (χ0) is 16.6. The van der Waals surface area contributed by atoms with Gasteiger partial charge in [-0.05, 0) is 31.4 Å². The molecule has 0 fully saturated rings. The molecule has 1 aliphatic heterocycles. The lowest BCUT2D eigenvalue weighted by atomic mass is 10.1. The molecular weight excluding hydrogens is 330 g/mol. The van der Waals surface area contributed by atoms with E-state index in [0.717, 1.165) is 25.1 Å². The van der Waals surface area contributed by atoms with Crippen molar-refractivity contribution in [3.63, 3.8) is 0 Å². The molecule has 0 aliphatic carbocycles. The largest absolute Gasteiger partial charge is 0.321 e. The summed E-state index contributed by atoms with van der Waals surface area (Å²) >= 11 is 0. The van der Waals surface area contributed by atoms with Gasteiger partial charge in [0.25, 0.3) is 15.6 Å². The molecule has 3 heterocycles. The molecule has 1 aliphatic rings. The molecule has 10 heteroatoms. The van der Waals surface area contributed by atoms with E-state index in [1.54, 1.807) is 4.68 Å². The Balaban J connectivity index is 1.98. The summed E-state index contributed by atoms with van der Waals surface area (Å²) in [5.74, 6) is 0. The van der Waals surface area contributed by atoms with Gasteiger partial charge in [-0.2, -0.15) is 13.9 Å². The Labute approximate surface area is 130 Å². The minimum atomic E-state index is -4.07. The number of halogens is 2. The van der Waals surface area contributed by atoms with Crippen molar-refractivity contribution in [2.75, 3.05) is 4.72 Å². The van der Waals surface area contributed by atoms with Crippen molar-refractivity contribution in [1.82, 2.24) is 14.3 Å². The van der Waals surface area contributed by atoms with Gasteiger partial charge in [0.05, 0.1) is 11.9 Å². The maximum absolute atomic E-state index is 12.7. The Hall–Kier alpha value is -2.23. The second-order valence-electron chi connectivity index (χ2n) is 5.15. The maximum Gasteiger partial charge on any atom is 0.321 e. The van der Waals surface area contributed by atoms with Crippen LogP contribution in [0.3, 0.4) is 0 Å². The SMILES string of the molecule is O=c1c(NS(=O)(=O)c2cnn3c2CCCC3)cccn1C(F)F. The third-order valence-electron chi connectivity index (χ3n) is 3.66. The highest BCUT2D eigenvalue weighted by molar-refractivity contribution is 7.92. The lowest BCUT2D eigenvalue weighted by molar-refractivity contribution is 0.0666. The molecule has 0 amide bonds. The number of sulfonamides is 1. The highest BCUT2D eigenvalue weighted by Gasteiger charge is 2.26. The van der Waals surface area contributed by atoms with Crippen molar-refractivity contribution in [2.24, 2.45) is 0 Å². The zero-order valence-corrected chi connectivity index (χ0v) is 12.8. The molecule has 3 rings (SSSR count). The van der Waals surface area contributed by atoms with E-state index in [4.69, 9.17) is 0 Å². The van der Waals surface area contributed by atoms with Crippen molar-refractivity contribution < 1.29 is 17.2 Å². The van der Waals surface area contributed by atoms with E-state index in [-0.39, 0.29) is 9.46 Å². The fourth-order valence-corrected chi connectivity index (χ4v) is 3.82. The third-order valence-corrected chi connectivity index (χ3v) is 5.07. The molecular formula is C13H14F2N4O3S. The first-order chi connectivity index (χ1) is 10.9. The van der Waals surface area contributed by atoms with Gasteiger partial charge in [0.15, 0.2) is 0 Å². The Kier molecular flexibility index (Phi) is 3.92. The average Bonchev–Trinajstić information content (AvgIpc) is 2.93. The quantitative estimate of drug-likeness (QED) is 0.912. The van der Waals surface area contributed by atoms with Gasteiger partial charge in [-0.15, -0.1) is 0 Å². The molecule has 0 saturated heterocycles. The fourth-order valence-electron chi connectivity index (χ4n) is 2.56. The number of nitrogens with zero attached hydrogens (tertiary/aromatic N) is 3. The normalized spacial score (nSPS) is 14.7. The highest BCUT2D eigenvalue weighted by atomic mass is 32.2. The number of aryl methyl sites for hydroxylation is 1. The van der Waals surface area contributed by atoms with Gasteiger partial charge in [-0.3, -0.25) is 18.8 Å². The topological polar surface area (TPSA) is 86.0 Å². The van der Waals surface area contributed by atoms with Crippen LogP contribution in [-0.2, 0) is 23.0 Å². The Bertz CT molecular complexity index is 889.